The number of para-hydroxylation sites is 1. The first-order chi connectivity index (χ1) is 15.3. The Balaban J connectivity index is 1.52. The highest BCUT2D eigenvalue weighted by Crippen LogP contribution is 2.40. The van der Waals surface area contributed by atoms with Gasteiger partial charge in [0, 0.05) is 0 Å². The molecule has 2 aliphatic rings. The third-order valence-corrected chi connectivity index (χ3v) is 6.37. The van der Waals surface area contributed by atoms with Gasteiger partial charge in [0.1, 0.15) is 5.75 Å². The van der Waals surface area contributed by atoms with Crippen molar-refractivity contribution in [2.45, 2.75) is 71.1 Å². The zero-order valence-corrected chi connectivity index (χ0v) is 19.4. The minimum absolute atomic E-state index is 0.0391. The number of benzene rings is 2. The molecule has 1 saturated carbocycles. The molecule has 0 saturated heterocycles. The van der Waals surface area contributed by atoms with Crippen LogP contribution in [0.25, 0.3) is 0 Å². The van der Waals surface area contributed by atoms with Crippen molar-refractivity contribution >= 4 is 28.7 Å². The fraction of sp³-hybridized carbons (Fsp3) is 0.423. The van der Waals surface area contributed by atoms with Gasteiger partial charge in [-0.25, -0.2) is 0 Å². The van der Waals surface area contributed by atoms with Crippen LogP contribution < -0.4 is 10.4 Å². The van der Waals surface area contributed by atoms with Crippen molar-refractivity contribution in [3.8, 4) is 5.75 Å². The number of carbonyl (C=O) groups excluding carboxylic acids is 1. The minimum Gasteiger partial charge on any atom is -0.505 e. The van der Waals surface area contributed by atoms with Crippen molar-refractivity contribution in [1.29, 1.82) is 0 Å². The summed E-state index contributed by atoms with van der Waals surface area (Å²) >= 11 is 0. The summed E-state index contributed by atoms with van der Waals surface area (Å²) in [5.41, 5.74) is 7.08. The van der Waals surface area contributed by atoms with Crippen molar-refractivity contribution in [1.82, 2.24) is 0 Å². The number of amides is 1. The third-order valence-electron chi connectivity index (χ3n) is 6.37. The lowest BCUT2D eigenvalue weighted by molar-refractivity contribution is -0.112. The van der Waals surface area contributed by atoms with Gasteiger partial charge in [0.15, 0.2) is 5.71 Å². The van der Waals surface area contributed by atoms with Gasteiger partial charge in [0.05, 0.1) is 17.1 Å². The Morgan fingerprint density at radius 1 is 1.06 bits per heavy atom. The van der Waals surface area contributed by atoms with Gasteiger partial charge in [-0.1, -0.05) is 64.3 Å². The van der Waals surface area contributed by atoms with Crippen molar-refractivity contribution in [3.63, 3.8) is 0 Å². The number of hydrogen-bond donors (Lipinski definition) is 2. The van der Waals surface area contributed by atoms with Crippen molar-refractivity contribution < 1.29 is 9.90 Å². The maximum absolute atomic E-state index is 13.0. The molecule has 1 amide bonds. The Kier molecular flexibility index (Phi) is 6.04. The molecule has 168 valence electrons. The second kappa shape index (κ2) is 8.77. The Morgan fingerprint density at radius 3 is 2.41 bits per heavy atom. The molecule has 0 spiro atoms. The Morgan fingerprint density at radius 2 is 1.75 bits per heavy atom. The quantitative estimate of drug-likeness (QED) is 0.464. The third kappa shape index (κ3) is 4.40. The summed E-state index contributed by atoms with van der Waals surface area (Å²) in [6.45, 7) is 8.22. The molecular weight excluding hydrogens is 400 g/mol. The number of nitrogens with zero attached hydrogens (tertiary/aromatic N) is 3. The van der Waals surface area contributed by atoms with Crippen LogP contribution in [0.2, 0.25) is 0 Å². The topological polar surface area (TPSA) is 77.3 Å². The number of rotatable bonds is 4. The van der Waals surface area contributed by atoms with Gasteiger partial charge in [0.25, 0.3) is 0 Å². The number of anilines is 2. The van der Waals surface area contributed by atoms with E-state index in [-0.39, 0.29) is 22.8 Å². The molecule has 0 radical (unpaired) electrons. The Labute approximate surface area is 190 Å². The van der Waals surface area contributed by atoms with Crippen LogP contribution in [0.5, 0.6) is 5.75 Å². The van der Waals surface area contributed by atoms with Crippen LogP contribution in [0, 0.1) is 0 Å². The van der Waals surface area contributed by atoms with E-state index in [2.05, 4.69) is 36.4 Å². The van der Waals surface area contributed by atoms with Crippen LogP contribution in [-0.4, -0.2) is 22.4 Å². The summed E-state index contributed by atoms with van der Waals surface area (Å²) in [4.78, 5) is 13.0. The van der Waals surface area contributed by atoms with Crippen molar-refractivity contribution in [3.05, 3.63) is 53.6 Å². The molecular formula is C26H32N4O2. The molecule has 0 aromatic heterocycles. The average Bonchev–Trinajstić information content (AvgIpc) is 3.06. The van der Waals surface area contributed by atoms with E-state index >= 15 is 0 Å². The van der Waals surface area contributed by atoms with Gasteiger partial charge in [-0.05, 0) is 60.4 Å². The lowest BCUT2D eigenvalue weighted by atomic mass is 9.83. The van der Waals surface area contributed by atoms with Crippen molar-refractivity contribution in [2.75, 3.05) is 10.4 Å². The second-order valence-corrected chi connectivity index (χ2v) is 9.75. The standard InChI is InChI=1S/C26H32N4O2/c1-17-23(25(32)30(29-17)20-15-13-19(14-16-20)26(2,3)4)28-27-22-12-8-11-21(24(22)31)18-9-6-5-7-10-18/h8,11-16,18,27,31H,5-7,9-10H2,1-4H3. The Bertz CT molecular complexity index is 1060. The van der Waals surface area contributed by atoms with E-state index in [1.54, 1.807) is 13.0 Å². The number of nitrogens with one attached hydrogen (secondary N) is 1. The minimum atomic E-state index is -0.290. The molecule has 1 aliphatic heterocycles. The summed E-state index contributed by atoms with van der Waals surface area (Å²) in [6, 6.07) is 13.6. The van der Waals surface area contributed by atoms with Crippen LogP contribution in [-0.2, 0) is 10.2 Å². The van der Waals surface area contributed by atoms with E-state index < -0.39 is 0 Å². The zero-order chi connectivity index (χ0) is 22.9. The molecule has 6 heteroatoms. The molecule has 0 bridgehead atoms. The van der Waals surface area contributed by atoms with Crippen LogP contribution in [0.1, 0.15) is 76.8 Å². The van der Waals surface area contributed by atoms with Crippen LogP contribution >= 0.6 is 0 Å². The Hall–Kier alpha value is -3.15. The van der Waals surface area contributed by atoms with E-state index in [4.69, 9.17) is 0 Å². The number of hydrazone groups is 2. The molecule has 6 nitrogen and oxygen atoms in total. The SMILES string of the molecule is CC1=NN(c2ccc(C(C)(C)C)cc2)C(=O)C1=NNc1cccc(C2CCCCC2)c1O. The van der Waals surface area contributed by atoms with E-state index in [0.29, 0.717) is 23.0 Å². The van der Waals surface area contributed by atoms with Gasteiger partial charge in [-0.2, -0.15) is 15.2 Å². The summed E-state index contributed by atoms with van der Waals surface area (Å²) < 4.78 is 0. The van der Waals surface area contributed by atoms with Gasteiger partial charge < -0.3 is 5.11 Å². The van der Waals surface area contributed by atoms with E-state index in [0.717, 1.165) is 18.4 Å². The first-order valence-electron chi connectivity index (χ1n) is 11.4. The molecule has 1 aliphatic carbocycles. The van der Waals surface area contributed by atoms with E-state index in [1.165, 1.54) is 29.8 Å². The second-order valence-electron chi connectivity index (χ2n) is 9.75. The maximum atomic E-state index is 13.0. The fourth-order valence-corrected chi connectivity index (χ4v) is 4.41. The monoisotopic (exact) mass is 432 g/mol. The number of carbonyl (C=O) groups is 1. The van der Waals surface area contributed by atoms with Gasteiger partial charge >= 0.3 is 5.91 Å². The summed E-state index contributed by atoms with van der Waals surface area (Å²) in [5.74, 6) is 0.306. The predicted molar refractivity (Wildman–Crippen MR) is 131 cm³/mol. The largest absolute Gasteiger partial charge is 0.505 e. The molecule has 32 heavy (non-hydrogen) atoms. The summed E-state index contributed by atoms with van der Waals surface area (Å²) in [6.07, 6.45) is 5.85. The highest BCUT2D eigenvalue weighted by Gasteiger charge is 2.31. The van der Waals surface area contributed by atoms with E-state index in [1.807, 2.05) is 36.4 Å². The average molecular weight is 433 g/mol. The molecule has 1 fully saturated rings. The highest BCUT2D eigenvalue weighted by molar-refractivity contribution is 6.71. The van der Waals surface area contributed by atoms with E-state index in [9.17, 15) is 9.90 Å². The number of phenolic OH excluding ortho intramolecular Hbond substituents is 1. The molecule has 0 atom stereocenters. The van der Waals surface area contributed by atoms with Crippen LogP contribution in [0.3, 0.4) is 0 Å². The number of phenols is 1. The molecule has 2 aromatic rings. The number of aromatic hydroxyl groups is 1. The fourth-order valence-electron chi connectivity index (χ4n) is 4.41. The highest BCUT2D eigenvalue weighted by atomic mass is 16.3. The molecule has 1 heterocycles. The summed E-state index contributed by atoms with van der Waals surface area (Å²) in [5, 5.41) is 20.9. The molecule has 4 rings (SSSR count). The summed E-state index contributed by atoms with van der Waals surface area (Å²) in [7, 11) is 0. The molecule has 2 N–H and O–H groups in total. The normalized spacial score (nSPS) is 18.9. The molecule has 2 aromatic carbocycles. The smallest absolute Gasteiger partial charge is 0.301 e. The lowest BCUT2D eigenvalue weighted by Crippen LogP contribution is -2.28. The van der Waals surface area contributed by atoms with Crippen molar-refractivity contribution in [2.24, 2.45) is 10.2 Å². The first kappa shape index (κ1) is 22.1. The van der Waals surface area contributed by atoms with Gasteiger partial charge in [-0.15, -0.1) is 0 Å². The molecule has 0 unspecified atom stereocenters. The number of hydrogen-bond acceptors (Lipinski definition) is 5. The van der Waals surface area contributed by atoms with Crippen LogP contribution in [0.15, 0.2) is 52.7 Å². The lowest BCUT2D eigenvalue weighted by Gasteiger charge is -2.23. The van der Waals surface area contributed by atoms with Crippen LogP contribution in [0.4, 0.5) is 11.4 Å². The predicted octanol–water partition coefficient (Wildman–Crippen LogP) is 5.93. The first-order valence-corrected chi connectivity index (χ1v) is 11.4. The van der Waals surface area contributed by atoms with Gasteiger partial charge in [0.2, 0.25) is 0 Å². The zero-order valence-electron chi connectivity index (χ0n) is 19.4. The van der Waals surface area contributed by atoms with Gasteiger partial charge in [-0.3, -0.25) is 10.2 Å². The maximum Gasteiger partial charge on any atom is 0.301 e.